The molecule has 0 radical (unpaired) electrons. The maximum absolute atomic E-state index is 15.3. The van der Waals surface area contributed by atoms with Crippen molar-refractivity contribution in [1.82, 2.24) is 9.21 Å². The molecule has 0 saturated carbocycles. The predicted molar refractivity (Wildman–Crippen MR) is 131 cm³/mol. The topological polar surface area (TPSA) is 60.9 Å². The Balaban J connectivity index is 1.61. The van der Waals surface area contributed by atoms with Crippen LogP contribution in [-0.4, -0.2) is 67.5 Å². The fourth-order valence-corrected chi connectivity index (χ4v) is 6.56. The summed E-state index contributed by atoms with van der Waals surface area (Å²) < 4.78 is 120. The fraction of sp³-hybridized carbons (Fsp3) is 0.538. The monoisotopic (exact) mass is 582 g/mol. The van der Waals surface area contributed by atoms with Crippen LogP contribution < -0.4 is 0 Å². The number of aryl methyl sites for hydroxylation is 1. The molecule has 0 bridgehead atoms. The molecule has 2 aliphatic heterocycles. The standard InChI is InChI=1S/C26H29F7N2O3S/c1-15(2)20-8-17(10-34-11-23(12-34)13-35(14-23)39(4,37)38)22(27)9-21(20)19-6-5-18(7-16(19)3)24(36,25(28,29)30)26(31,32)33/h5-9,15,36H,10-14H2,1-4H3. The van der Waals surface area contributed by atoms with E-state index in [1.165, 1.54) is 17.3 Å². The minimum Gasteiger partial charge on any atom is -0.369 e. The summed E-state index contributed by atoms with van der Waals surface area (Å²) in [5, 5.41) is 9.74. The molecule has 0 aromatic heterocycles. The third-order valence-electron chi connectivity index (χ3n) is 7.60. The zero-order chi connectivity index (χ0) is 29.3. The lowest BCUT2D eigenvalue weighted by Crippen LogP contribution is -2.72. The van der Waals surface area contributed by atoms with Gasteiger partial charge in [0.05, 0.1) is 6.26 Å². The summed E-state index contributed by atoms with van der Waals surface area (Å²) in [5.74, 6) is -0.731. The summed E-state index contributed by atoms with van der Waals surface area (Å²) in [6, 6.07) is 5.12. The van der Waals surface area contributed by atoms with Gasteiger partial charge < -0.3 is 5.11 Å². The molecule has 216 valence electrons. The first-order valence-electron chi connectivity index (χ1n) is 12.2. The Hall–Kier alpha value is -2.22. The molecule has 2 aromatic carbocycles. The maximum Gasteiger partial charge on any atom is 0.430 e. The van der Waals surface area contributed by atoms with E-state index in [9.17, 15) is 39.9 Å². The second kappa shape index (κ2) is 9.42. The molecule has 13 heteroatoms. The SMILES string of the molecule is Cc1cc(C(O)(C(F)(F)F)C(F)(F)F)ccc1-c1cc(F)c(CN2CC3(C2)CN(S(C)(=O)=O)C3)cc1C(C)C. The van der Waals surface area contributed by atoms with Crippen LogP contribution >= 0.6 is 0 Å². The number of benzene rings is 2. The van der Waals surface area contributed by atoms with Gasteiger partial charge in [-0.2, -0.15) is 26.3 Å². The van der Waals surface area contributed by atoms with Crippen molar-refractivity contribution >= 4 is 10.0 Å². The molecule has 1 N–H and O–H groups in total. The van der Waals surface area contributed by atoms with Gasteiger partial charge in [0.1, 0.15) is 5.82 Å². The van der Waals surface area contributed by atoms with Gasteiger partial charge >= 0.3 is 12.4 Å². The molecule has 0 unspecified atom stereocenters. The summed E-state index contributed by atoms with van der Waals surface area (Å²) in [6.07, 6.45) is -10.9. The molecule has 39 heavy (non-hydrogen) atoms. The lowest BCUT2D eigenvalue weighted by Gasteiger charge is -2.59. The van der Waals surface area contributed by atoms with E-state index < -0.39 is 39.4 Å². The first-order chi connectivity index (χ1) is 17.7. The molecule has 1 spiro atoms. The van der Waals surface area contributed by atoms with Crippen LogP contribution in [0, 0.1) is 18.2 Å². The third-order valence-corrected chi connectivity index (χ3v) is 8.80. The number of halogens is 7. The zero-order valence-corrected chi connectivity index (χ0v) is 22.5. The van der Waals surface area contributed by atoms with Crippen LogP contribution in [0.3, 0.4) is 0 Å². The van der Waals surface area contributed by atoms with Gasteiger partial charge in [0.25, 0.3) is 5.60 Å². The number of aliphatic hydroxyl groups is 1. The van der Waals surface area contributed by atoms with Gasteiger partial charge in [-0.15, -0.1) is 0 Å². The van der Waals surface area contributed by atoms with Crippen LogP contribution in [0.2, 0.25) is 0 Å². The Kier molecular flexibility index (Phi) is 7.19. The summed E-state index contributed by atoms with van der Waals surface area (Å²) in [5.41, 5.74) is -4.91. The molecule has 2 aromatic rings. The van der Waals surface area contributed by atoms with Gasteiger partial charge in [-0.05, 0) is 41.2 Å². The van der Waals surface area contributed by atoms with Crippen molar-refractivity contribution in [2.45, 2.75) is 51.2 Å². The van der Waals surface area contributed by atoms with Gasteiger partial charge in [-0.25, -0.2) is 17.1 Å². The quantitative estimate of drug-likeness (QED) is 0.469. The van der Waals surface area contributed by atoms with E-state index >= 15 is 4.39 Å². The first-order valence-corrected chi connectivity index (χ1v) is 14.0. The summed E-state index contributed by atoms with van der Waals surface area (Å²) >= 11 is 0. The second-order valence-corrected chi connectivity index (χ2v) is 13.1. The van der Waals surface area contributed by atoms with Crippen LogP contribution in [0.1, 0.15) is 42.0 Å². The molecule has 0 aliphatic carbocycles. The minimum atomic E-state index is -6.01. The van der Waals surface area contributed by atoms with Gasteiger partial charge in [0.2, 0.25) is 10.0 Å². The molecular weight excluding hydrogens is 553 g/mol. The van der Waals surface area contributed by atoms with Crippen molar-refractivity contribution in [3.8, 4) is 11.1 Å². The number of likely N-dealkylation sites (tertiary alicyclic amines) is 1. The Morgan fingerprint density at radius 3 is 1.97 bits per heavy atom. The lowest BCUT2D eigenvalue weighted by molar-refractivity contribution is -0.376. The molecule has 4 rings (SSSR count). The van der Waals surface area contributed by atoms with Crippen molar-refractivity contribution in [3.05, 3.63) is 58.4 Å². The summed E-state index contributed by atoms with van der Waals surface area (Å²) in [7, 11) is -3.24. The van der Waals surface area contributed by atoms with Gasteiger partial charge in [-0.3, -0.25) is 4.90 Å². The van der Waals surface area contributed by atoms with Gasteiger partial charge in [-0.1, -0.05) is 38.1 Å². The number of sulfonamides is 1. The van der Waals surface area contributed by atoms with E-state index in [0.29, 0.717) is 55.0 Å². The summed E-state index contributed by atoms with van der Waals surface area (Å²) in [6.45, 7) is 7.32. The van der Waals surface area contributed by atoms with Crippen molar-refractivity contribution in [1.29, 1.82) is 0 Å². The van der Waals surface area contributed by atoms with E-state index in [1.54, 1.807) is 6.07 Å². The van der Waals surface area contributed by atoms with E-state index in [0.717, 1.165) is 12.3 Å². The summed E-state index contributed by atoms with van der Waals surface area (Å²) in [4.78, 5) is 2.00. The normalized spacial score (nSPS) is 18.9. The smallest absolute Gasteiger partial charge is 0.369 e. The zero-order valence-electron chi connectivity index (χ0n) is 21.7. The highest BCUT2D eigenvalue weighted by Gasteiger charge is 2.71. The Bertz CT molecular complexity index is 1360. The molecule has 5 nitrogen and oxygen atoms in total. The van der Waals surface area contributed by atoms with Crippen LogP contribution in [0.15, 0.2) is 30.3 Å². The van der Waals surface area contributed by atoms with Gasteiger partial charge in [0, 0.05) is 49.3 Å². The van der Waals surface area contributed by atoms with Crippen molar-refractivity contribution in [3.63, 3.8) is 0 Å². The molecule has 0 atom stereocenters. The van der Waals surface area contributed by atoms with E-state index in [1.807, 2.05) is 18.7 Å². The first kappa shape index (κ1) is 29.8. The molecule has 2 heterocycles. The van der Waals surface area contributed by atoms with Crippen LogP contribution in [0.4, 0.5) is 30.7 Å². The fourth-order valence-electron chi connectivity index (χ4n) is 5.54. The van der Waals surface area contributed by atoms with E-state index in [4.69, 9.17) is 0 Å². The average molecular weight is 583 g/mol. The van der Waals surface area contributed by atoms with Crippen molar-refractivity contribution in [2.75, 3.05) is 32.4 Å². The minimum absolute atomic E-state index is 0.0126. The highest BCUT2D eigenvalue weighted by Crippen LogP contribution is 2.51. The van der Waals surface area contributed by atoms with Crippen molar-refractivity contribution in [2.24, 2.45) is 5.41 Å². The van der Waals surface area contributed by atoms with E-state index in [-0.39, 0.29) is 29.0 Å². The van der Waals surface area contributed by atoms with Crippen LogP contribution in [0.5, 0.6) is 0 Å². The molecule has 2 aliphatic rings. The number of rotatable bonds is 6. The number of hydrogen-bond acceptors (Lipinski definition) is 4. The molecule has 2 saturated heterocycles. The third kappa shape index (κ3) is 5.18. The average Bonchev–Trinajstić information content (AvgIpc) is 2.71. The van der Waals surface area contributed by atoms with Crippen LogP contribution in [0.25, 0.3) is 11.1 Å². The lowest BCUT2D eigenvalue weighted by atomic mass is 9.74. The second-order valence-electron chi connectivity index (χ2n) is 11.1. The maximum atomic E-state index is 15.3. The highest BCUT2D eigenvalue weighted by molar-refractivity contribution is 7.88. The Labute approximate surface area is 222 Å². The number of nitrogens with zero attached hydrogens (tertiary/aromatic N) is 2. The predicted octanol–water partition coefficient (Wildman–Crippen LogP) is 5.31. The number of hydrogen-bond donors (Lipinski definition) is 1. The largest absolute Gasteiger partial charge is 0.430 e. The number of alkyl halides is 6. The molecule has 2 fully saturated rings. The van der Waals surface area contributed by atoms with Gasteiger partial charge in [0.15, 0.2) is 0 Å². The van der Waals surface area contributed by atoms with Crippen LogP contribution in [-0.2, 0) is 22.2 Å². The van der Waals surface area contributed by atoms with Crippen molar-refractivity contribution < 1.29 is 44.3 Å². The molecular formula is C26H29F7N2O3S. The Morgan fingerprint density at radius 2 is 1.51 bits per heavy atom. The highest BCUT2D eigenvalue weighted by atomic mass is 32.2. The van der Waals surface area contributed by atoms with E-state index in [2.05, 4.69) is 0 Å². The molecule has 0 amide bonds. The Morgan fingerprint density at radius 1 is 0.949 bits per heavy atom.